The molecule has 0 atom stereocenters. The Hall–Kier alpha value is -1.52. The monoisotopic (exact) mass is 376 g/mol. The number of benzene rings is 1. The largest absolute Gasteiger partial charge is 0.460 e. The van der Waals surface area contributed by atoms with Gasteiger partial charge in [0.25, 0.3) is 0 Å². The minimum absolute atomic E-state index is 0.267. The number of halogens is 11. The van der Waals surface area contributed by atoms with E-state index in [2.05, 4.69) is 0 Å². The molecule has 1 aromatic rings. The van der Waals surface area contributed by atoms with Crippen LogP contribution in [0.5, 0.6) is 0 Å². The van der Waals surface area contributed by atoms with Gasteiger partial charge >= 0.3 is 23.9 Å². The Morgan fingerprint density at radius 1 is 0.870 bits per heavy atom. The summed E-state index contributed by atoms with van der Waals surface area (Å²) in [5.41, 5.74) is -1.67. The van der Waals surface area contributed by atoms with E-state index in [0.29, 0.717) is 12.1 Å². The minimum Gasteiger partial charge on any atom is -0.287 e. The Balaban J connectivity index is 3.45. The van der Waals surface area contributed by atoms with Gasteiger partial charge in [-0.25, -0.2) is 4.39 Å². The normalized spacial score (nSPS) is 14.0. The molecule has 23 heavy (non-hydrogen) atoms. The van der Waals surface area contributed by atoms with Crippen LogP contribution in [0.25, 0.3) is 0 Å². The molecule has 0 aliphatic heterocycles. The molecule has 0 bridgehead atoms. The van der Waals surface area contributed by atoms with Gasteiger partial charge in [-0.05, 0) is 12.1 Å². The molecule has 12 heteroatoms. The summed E-state index contributed by atoms with van der Waals surface area (Å²) in [5.74, 6) is -25.6. The third-order valence-electron chi connectivity index (χ3n) is 2.63. The number of hydrogen-bond acceptors (Lipinski definition) is 1. The van der Waals surface area contributed by atoms with E-state index in [1.54, 1.807) is 0 Å². The number of carbonyl (C=O) groups excluding carboxylic acids is 1. The second-order valence-corrected chi connectivity index (χ2v) is 4.53. The van der Waals surface area contributed by atoms with Crippen molar-refractivity contribution in [2.75, 3.05) is 0 Å². The minimum atomic E-state index is -7.22. The summed E-state index contributed by atoms with van der Waals surface area (Å²) in [5, 5.41) is -1.43. The first-order valence-corrected chi connectivity index (χ1v) is 5.65. The Labute approximate surface area is 125 Å². The molecule has 0 N–H and O–H groups in total. The summed E-state index contributed by atoms with van der Waals surface area (Å²) >= 11 is 5.06. The van der Waals surface area contributed by atoms with E-state index in [-0.39, 0.29) is 6.07 Å². The topological polar surface area (TPSA) is 17.1 Å². The fraction of sp³-hybridized carbons (Fsp3) is 0.364. The van der Waals surface area contributed by atoms with E-state index in [4.69, 9.17) is 11.6 Å². The molecule has 0 unspecified atom stereocenters. The number of alkyl halides is 9. The van der Waals surface area contributed by atoms with Gasteiger partial charge in [0.05, 0.1) is 5.02 Å². The highest BCUT2D eigenvalue weighted by Crippen LogP contribution is 2.54. The van der Waals surface area contributed by atoms with Gasteiger partial charge in [0.1, 0.15) is 5.82 Å². The van der Waals surface area contributed by atoms with Gasteiger partial charge < -0.3 is 0 Å². The molecule has 1 aromatic carbocycles. The second-order valence-electron chi connectivity index (χ2n) is 4.15. The van der Waals surface area contributed by atoms with Gasteiger partial charge in [0, 0.05) is 5.56 Å². The van der Waals surface area contributed by atoms with Crippen molar-refractivity contribution in [3.05, 3.63) is 34.6 Å². The van der Waals surface area contributed by atoms with Gasteiger partial charge in [-0.1, -0.05) is 17.7 Å². The highest BCUT2D eigenvalue weighted by molar-refractivity contribution is 6.34. The van der Waals surface area contributed by atoms with E-state index in [9.17, 15) is 48.7 Å². The molecular formula is C11H3ClF10O. The number of rotatable bonds is 4. The van der Waals surface area contributed by atoms with Crippen molar-refractivity contribution in [1.82, 2.24) is 0 Å². The Kier molecular flexibility index (Phi) is 4.70. The van der Waals surface area contributed by atoms with Crippen LogP contribution in [-0.2, 0) is 0 Å². The van der Waals surface area contributed by atoms with Crippen LogP contribution < -0.4 is 0 Å². The van der Waals surface area contributed by atoms with Crippen LogP contribution in [0.2, 0.25) is 5.02 Å². The molecule has 1 nitrogen and oxygen atoms in total. The molecule has 0 heterocycles. The maximum Gasteiger partial charge on any atom is 0.460 e. The molecular weight excluding hydrogens is 374 g/mol. The predicted octanol–water partition coefficient (Wildman–Crippen LogP) is 5.13. The highest BCUT2D eigenvalue weighted by Gasteiger charge is 2.83. The Bertz CT molecular complexity index is 622. The van der Waals surface area contributed by atoms with Crippen LogP contribution in [0.3, 0.4) is 0 Å². The third kappa shape index (κ3) is 2.86. The maximum atomic E-state index is 13.4. The van der Waals surface area contributed by atoms with E-state index >= 15 is 0 Å². The van der Waals surface area contributed by atoms with Crippen LogP contribution >= 0.6 is 11.6 Å². The summed E-state index contributed by atoms with van der Waals surface area (Å²) in [6, 6.07) is 1.33. The van der Waals surface area contributed by atoms with Crippen molar-refractivity contribution in [2.24, 2.45) is 0 Å². The molecule has 0 amide bonds. The fourth-order valence-corrected chi connectivity index (χ4v) is 1.58. The second kappa shape index (κ2) is 5.53. The average Bonchev–Trinajstić information content (AvgIpc) is 2.39. The zero-order valence-corrected chi connectivity index (χ0v) is 11.1. The van der Waals surface area contributed by atoms with Crippen LogP contribution in [0, 0.1) is 5.82 Å². The summed E-state index contributed by atoms with van der Waals surface area (Å²) in [7, 11) is 0. The summed E-state index contributed by atoms with van der Waals surface area (Å²) in [6.07, 6.45) is -7.06. The molecule has 1 rings (SSSR count). The van der Waals surface area contributed by atoms with Gasteiger partial charge in [-0.15, -0.1) is 0 Å². The van der Waals surface area contributed by atoms with Crippen molar-refractivity contribution < 1.29 is 48.7 Å². The van der Waals surface area contributed by atoms with Crippen molar-refractivity contribution in [3.8, 4) is 0 Å². The lowest BCUT2D eigenvalue weighted by atomic mass is 9.95. The van der Waals surface area contributed by atoms with Gasteiger partial charge in [-0.3, -0.25) is 4.79 Å². The van der Waals surface area contributed by atoms with Crippen LogP contribution in [-0.4, -0.2) is 29.7 Å². The molecule has 0 fully saturated rings. The molecule has 130 valence electrons. The lowest BCUT2D eigenvalue weighted by molar-refractivity contribution is -0.386. The summed E-state index contributed by atoms with van der Waals surface area (Å²) < 4.78 is 127. The molecule has 0 aliphatic carbocycles. The van der Waals surface area contributed by atoms with Crippen LogP contribution in [0.15, 0.2) is 18.2 Å². The molecule has 0 radical (unpaired) electrons. The first-order valence-electron chi connectivity index (χ1n) is 5.28. The van der Waals surface area contributed by atoms with Gasteiger partial charge in [0.2, 0.25) is 5.78 Å². The van der Waals surface area contributed by atoms with Crippen molar-refractivity contribution >= 4 is 17.4 Å². The first-order chi connectivity index (χ1) is 10.1. The fourth-order valence-electron chi connectivity index (χ4n) is 1.37. The van der Waals surface area contributed by atoms with Crippen molar-refractivity contribution in [3.63, 3.8) is 0 Å². The smallest absolute Gasteiger partial charge is 0.287 e. The Morgan fingerprint density at radius 2 is 1.35 bits per heavy atom. The highest BCUT2D eigenvalue weighted by atomic mass is 35.5. The molecule has 0 saturated carbocycles. The van der Waals surface area contributed by atoms with Gasteiger partial charge in [0.15, 0.2) is 0 Å². The lowest BCUT2D eigenvalue weighted by Gasteiger charge is -2.32. The van der Waals surface area contributed by atoms with E-state index < -0.39 is 46.1 Å². The zero-order chi connectivity index (χ0) is 18.4. The predicted molar refractivity (Wildman–Crippen MR) is 56.6 cm³/mol. The van der Waals surface area contributed by atoms with E-state index in [0.717, 1.165) is 0 Å². The van der Waals surface area contributed by atoms with E-state index in [1.807, 2.05) is 0 Å². The third-order valence-corrected chi connectivity index (χ3v) is 3.01. The summed E-state index contributed by atoms with van der Waals surface area (Å²) in [6.45, 7) is 0. The number of carbonyl (C=O) groups is 1. The van der Waals surface area contributed by atoms with Crippen molar-refractivity contribution in [2.45, 2.75) is 23.9 Å². The first kappa shape index (κ1) is 19.5. The molecule has 0 aliphatic rings. The van der Waals surface area contributed by atoms with Crippen LogP contribution in [0.1, 0.15) is 10.4 Å². The van der Waals surface area contributed by atoms with Crippen LogP contribution in [0.4, 0.5) is 43.9 Å². The Morgan fingerprint density at radius 3 is 1.78 bits per heavy atom. The number of hydrogen-bond donors (Lipinski definition) is 0. The molecule has 0 saturated heterocycles. The molecule has 0 aromatic heterocycles. The maximum absolute atomic E-state index is 13.4. The molecule has 0 spiro atoms. The van der Waals surface area contributed by atoms with E-state index in [1.165, 1.54) is 0 Å². The quantitative estimate of drug-likeness (QED) is 0.526. The average molecular weight is 377 g/mol. The SMILES string of the molecule is O=C(c1cccc(F)c1Cl)C(F)(F)C(F)(F)C(F)(F)C(F)(F)F. The number of ketones is 1. The van der Waals surface area contributed by atoms with Gasteiger partial charge in [-0.2, -0.15) is 39.5 Å². The zero-order valence-electron chi connectivity index (χ0n) is 10.3. The van der Waals surface area contributed by atoms with Crippen molar-refractivity contribution in [1.29, 1.82) is 0 Å². The standard InChI is InChI=1S/C11H3ClF10O/c12-6-4(2-1-3-5(6)13)7(23)8(14,15)9(16,17)10(18,19)11(20,21)22/h1-3H. The summed E-state index contributed by atoms with van der Waals surface area (Å²) in [4.78, 5) is 11.3. The lowest BCUT2D eigenvalue weighted by Crippen LogP contribution is -2.63. The number of Topliss-reactive ketones (excluding diaryl/α,β-unsaturated/α-hetero) is 1.